The van der Waals surface area contributed by atoms with E-state index < -0.39 is 0 Å². The number of nitrogens with one attached hydrogen (secondary N) is 1. The molecule has 3 aromatic carbocycles. The van der Waals surface area contributed by atoms with Crippen molar-refractivity contribution in [3.8, 4) is 0 Å². The van der Waals surface area contributed by atoms with Gasteiger partial charge >= 0.3 is 0 Å². The summed E-state index contributed by atoms with van der Waals surface area (Å²) in [6.07, 6.45) is 8.21. The molecule has 1 nitrogen and oxygen atoms in total. The van der Waals surface area contributed by atoms with Gasteiger partial charge < -0.3 is 5.32 Å². The lowest BCUT2D eigenvalue weighted by Gasteiger charge is -2.15. The zero-order valence-corrected chi connectivity index (χ0v) is 16.3. The largest absolute Gasteiger partial charge is 0.366 e. The lowest BCUT2D eigenvalue weighted by Crippen LogP contribution is -2.01. The van der Waals surface area contributed by atoms with Gasteiger partial charge in [-0.2, -0.15) is 0 Å². The molecule has 3 aromatic rings. The van der Waals surface area contributed by atoms with E-state index in [1.807, 2.05) is 42.6 Å². The predicted octanol–water partition coefficient (Wildman–Crippen LogP) is 6.85. The number of rotatable bonds is 2. The SMILES string of the molecule is C=C1/C=C\C(c2ccccc2)=C/N/C=C(/c2ccccc2)c2ccccc2C1=C. The average molecular weight is 373 g/mol. The summed E-state index contributed by atoms with van der Waals surface area (Å²) in [6, 6.07) is 29.1. The maximum Gasteiger partial charge on any atom is 0.00900 e. The molecular formula is C28H23N. The Morgan fingerprint density at radius 3 is 1.83 bits per heavy atom. The number of benzene rings is 3. The first-order valence-electron chi connectivity index (χ1n) is 9.67. The standard InChI is InChI=1S/C28H23N/c1-21-17-18-25(23-11-5-3-6-12-23)19-29-20-28(24-13-7-4-8-14-24)27-16-10-9-15-26(27)22(21)2/h3-20,29H,1-2H2/b18-17-,25-19+,28-20-. The first kappa shape index (κ1) is 18.5. The highest BCUT2D eigenvalue weighted by molar-refractivity contribution is 5.92. The first-order chi connectivity index (χ1) is 14.2. The second-order valence-electron chi connectivity index (χ2n) is 6.94. The fourth-order valence-corrected chi connectivity index (χ4v) is 3.45. The van der Waals surface area contributed by atoms with Gasteiger partial charge in [-0.25, -0.2) is 0 Å². The van der Waals surface area contributed by atoms with E-state index in [0.29, 0.717) is 0 Å². The molecule has 0 saturated heterocycles. The van der Waals surface area contributed by atoms with Gasteiger partial charge in [-0.3, -0.25) is 0 Å². The predicted molar refractivity (Wildman–Crippen MR) is 125 cm³/mol. The van der Waals surface area contributed by atoms with Gasteiger partial charge in [0.15, 0.2) is 0 Å². The van der Waals surface area contributed by atoms with Crippen LogP contribution in [0.3, 0.4) is 0 Å². The Morgan fingerprint density at radius 1 is 0.552 bits per heavy atom. The van der Waals surface area contributed by atoms with Crippen LogP contribution < -0.4 is 5.32 Å². The van der Waals surface area contributed by atoms with Crippen LogP contribution in [0.25, 0.3) is 16.7 Å². The molecule has 0 spiro atoms. The molecule has 0 unspecified atom stereocenters. The number of hydrogen-bond donors (Lipinski definition) is 1. The average Bonchev–Trinajstić information content (AvgIpc) is 2.81. The van der Waals surface area contributed by atoms with Gasteiger partial charge in [0, 0.05) is 18.0 Å². The molecule has 4 rings (SSSR count). The molecule has 1 aliphatic rings. The van der Waals surface area contributed by atoms with Crippen LogP contribution in [0.5, 0.6) is 0 Å². The summed E-state index contributed by atoms with van der Waals surface area (Å²) in [7, 11) is 0. The summed E-state index contributed by atoms with van der Waals surface area (Å²) in [5.74, 6) is 0. The molecule has 0 amide bonds. The Kier molecular flexibility index (Phi) is 5.40. The number of hydrogen-bond acceptors (Lipinski definition) is 1. The summed E-state index contributed by atoms with van der Waals surface area (Å²) in [5, 5.41) is 3.42. The fraction of sp³-hybridized carbons (Fsp3) is 0. The summed E-state index contributed by atoms with van der Waals surface area (Å²) >= 11 is 0. The quantitative estimate of drug-likeness (QED) is 0.518. The zero-order chi connectivity index (χ0) is 20.1. The summed E-state index contributed by atoms with van der Waals surface area (Å²) < 4.78 is 0. The summed E-state index contributed by atoms with van der Waals surface area (Å²) in [5.41, 5.74) is 8.51. The molecule has 0 saturated carbocycles. The molecule has 1 heteroatoms. The summed E-state index contributed by atoms with van der Waals surface area (Å²) in [6.45, 7) is 8.62. The molecule has 29 heavy (non-hydrogen) atoms. The van der Waals surface area contributed by atoms with Crippen molar-refractivity contribution in [2.75, 3.05) is 0 Å². The molecule has 140 valence electrons. The van der Waals surface area contributed by atoms with Crippen LogP contribution in [0, 0.1) is 0 Å². The van der Waals surface area contributed by atoms with Gasteiger partial charge in [0.25, 0.3) is 0 Å². The van der Waals surface area contributed by atoms with Gasteiger partial charge in [-0.15, -0.1) is 0 Å². The van der Waals surface area contributed by atoms with E-state index >= 15 is 0 Å². The van der Waals surface area contributed by atoms with E-state index in [1.165, 1.54) is 0 Å². The van der Waals surface area contributed by atoms with Crippen molar-refractivity contribution in [1.29, 1.82) is 0 Å². The highest BCUT2D eigenvalue weighted by Gasteiger charge is 2.13. The molecule has 0 aliphatic carbocycles. The second kappa shape index (κ2) is 8.45. The van der Waals surface area contributed by atoms with E-state index in [2.05, 4.69) is 85.3 Å². The van der Waals surface area contributed by atoms with E-state index in [0.717, 1.165) is 44.5 Å². The van der Waals surface area contributed by atoms with Gasteiger partial charge in [0.1, 0.15) is 0 Å². The Balaban J connectivity index is 1.89. The minimum absolute atomic E-state index is 0.897. The molecule has 0 radical (unpaired) electrons. The van der Waals surface area contributed by atoms with Crippen molar-refractivity contribution < 1.29 is 0 Å². The van der Waals surface area contributed by atoms with Crippen molar-refractivity contribution in [3.63, 3.8) is 0 Å². The first-order valence-corrected chi connectivity index (χ1v) is 9.67. The Hall–Kier alpha value is -3.84. The second-order valence-corrected chi connectivity index (χ2v) is 6.94. The highest BCUT2D eigenvalue weighted by Crippen LogP contribution is 2.33. The maximum atomic E-state index is 4.35. The lowest BCUT2D eigenvalue weighted by atomic mass is 9.89. The molecule has 0 aromatic heterocycles. The molecular weight excluding hydrogens is 350 g/mol. The van der Waals surface area contributed by atoms with Crippen LogP contribution in [0.4, 0.5) is 0 Å². The normalized spacial score (nSPS) is 18.9. The highest BCUT2D eigenvalue weighted by atomic mass is 14.8. The zero-order valence-electron chi connectivity index (χ0n) is 16.3. The minimum Gasteiger partial charge on any atom is -0.366 e. The fourth-order valence-electron chi connectivity index (χ4n) is 3.45. The van der Waals surface area contributed by atoms with Gasteiger partial charge in [-0.1, -0.05) is 110 Å². The van der Waals surface area contributed by atoms with Crippen LogP contribution in [-0.4, -0.2) is 0 Å². The molecule has 1 N–H and O–H groups in total. The van der Waals surface area contributed by atoms with Gasteiger partial charge in [-0.05, 0) is 39.0 Å². The number of allylic oxidation sites excluding steroid dienone is 5. The van der Waals surface area contributed by atoms with E-state index in [4.69, 9.17) is 0 Å². The smallest absolute Gasteiger partial charge is 0.00900 e. The molecule has 0 fully saturated rings. The van der Waals surface area contributed by atoms with Crippen LogP contribution >= 0.6 is 0 Å². The summed E-state index contributed by atoms with van der Waals surface area (Å²) in [4.78, 5) is 0. The van der Waals surface area contributed by atoms with Crippen molar-refractivity contribution in [1.82, 2.24) is 5.32 Å². The van der Waals surface area contributed by atoms with Crippen molar-refractivity contribution >= 4 is 16.7 Å². The Bertz CT molecular complexity index is 1130. The third-order valence-corrected chi connectivity index (χ3v) is 5.05. The van der Waals surface area contributed by atoms with Crippen molar-refractivity contribution in [3.05, 3.63) is 150 Å². The Labute approximate surface area is 172 Å². The van der Waals surface area contributed by atoms with E-state index in [1.54, 1.807) is 0 Å². The molecule has 0 bridgehead atoms. The number of fused-ring (bicyclic) bond motifs is 1. The van der Waals surface area contributed by atoms with E-state index in [9.17, 15) is 0 Å². The maximum absolute atomic E-state index is 4.35. The van der Waals surface area contributed by atoms with Crippen molar-refractivity contribution in [2.45, 2.75) is 0 Å². The monoisotopic (exact) mass is 373 g/mol. The third-order valence-electron chi connectivity index (χ3n) is 5.05. The van der Waals surface area contributed by atoms with Crippen LogP contribution in [-0.2, 0) is 0 Å². The topological polar surface area (TPSA) is 12.0 Å². The minimum atomic E-state index is 0.897. The molecule has 1 heterocycles. The van der Waals surface area contributed by atoms with Crippen LogP contribution in [0.15, 0.2) is 128 Å². The molecule has 1 aliphatic heterocycles. The van der Waals surface area contributed by atoms with Gasteiger partial charge in [0.2, 0.25) is 0 Å². The lowest BCUT2D eigenvalue weighted by molar-refractivity contribution is 1.20. The van der Waals surface area contributed by atoms with Gasteiger partial charge in [0.05, 0.1) is 0 Å². The van der Waals surface area contributed by atoms with Crippen LogP contribution in [0.1, 0.15) is 22.3 Å². The third kappa shape index (κ3) is 4.04. The Morgan fingerprint density at radius 2 is 1.14 bits per heavy atom. The van der Waals surface area contributed by atoms with Crippen molar-refractivity contribution in [2.24, 2.45) is 0 Å². The van der Waals surface area contributed by atoms with E-state index in [-0.39, 0.29) is 0 Å². The molecule has 0 atom stereocenters. The van der Waals surface area contributed by atoms with Crippen LogP contribution in [0.2, 0.25) is 0 Å².